The van der Waals surface area contributed by atoms with Gasteiger partial charge in [-0.2, -0.15) is 13.2 Å². The molecule has 9 heteroatoms. The number of likely N-dealkylation sites (tertiary alicyclic amines) is 1. The van der Waals surface area contributed by atoms with Gasteiger partial charge < -0.3 is 10.2 Å². The average molecular weight is 425 g/mol. The molecule has 1 saturated heterocycles. The Bertz CT molecular complexity index is 882. The zero-order chi connectivity index (χ0) is 21.0. The van der Waals surface area contributed by atoms with Crippen LogP contribution < -0.4 is 5.32 Å². The van der Waals surface area contributed by atoms with E-state index in [2.05, 4.69) is 17.2 Å². The average Bonchev–Trinajstić information content (AvgIpc) is 3.17. The van der Waals surface area contributed by atoms with Crippen LogP contribution >= 0.6 is 11.3 Å². The maximum atomic E-state index is 12.9. The minimum atomic E-state index is -4.44. The summed E-state index contributed by atoms with van der Waals surface area (Å²) in [6, 6.07) is 4.84. The van der Waals surface area contributed by atoms with Crippen LogP contribution in [0.4, 0.5) is 13.2 Å². The zero-order valence-corrected chi connectivity index (χ0v) is 16.8. The summed E-state index contributed by atoms with van der Waals surface area (Å²) in [5, 5.41) is 4.49. The molecule has 1 N–H and O–H groups in total. The molecule has 0 saturated carbocycles. The first-order valence-corrected chi connectivity index (χ1v) is 10.3. The van der Waals surface area contributed by atoms with Crippen LogP contribution in [0, 0.1) is 5.92 Å². The Balaban J connectivity index is 1.55. The van der Waals surface area contributed by atoms with Crippen molar-refractivity contribution in [1.29, 1.82) is 0 Å². The van der Waals surface area contributed by atoms with Crippen LogP contribution in [0.1, 0.15) is 42.2 Å². The third-order valence-corrected chi connectivity index (χ3v) is 5.70. The molecule has 2 aromatic rings. The fraction of sp³-hybridized carbons (Fsp3) is 0.450. The van der Waals surface area contributed by atoms with E-state index in [1.54, 1.807) is 0 Å². The lowest BCUT2D eigenvalue weighted by Crippen LogP contribution is -2.40. The molecular formula is C20H22F3N3O2S. The van der Waals surface area contributed by atoms with Crippen molar-refractivity contribution in [2.75, 3.05) is 19.6 Å². The van der Waals surface area contributed by atoms with Crippen LogP contribution in [0.3, 0.4) is 0 Å². The Morgan fingerprint density at radius 1 is 1.34 bits per heavy atom. The molecule has 1 aromatic carbocycles. The molecule has 5 nitrogen and oxygen atoms in total. The maximum Gasteiger partial charge on any atom is 0.416 e. The van der Waals surface area contributed by atoms with Crippen LogP contribution in [0.15, 0.2) is 29.6 Å². The number of amides is 2. The highest BCUT2D eigenvalue weighted by Gasteiger charge is 2.30. The lowest BCUT2D eigenvalue weighted by atomic mass is 10.00. The van der Waals surface area contributed by atoms with E-state index < -0.39 is 17.6 Å². The van der Waals surface area contributed by atoms with E-state index in [0.717, 1.165) is 49.4 Å². The van der Waals surface area contributed by atoms with Crippen LogP contribution in [-0.4, -0.2) is 41.3 Å². The summed E-state index contributed by atoms with van der Waals surface area (Å²) in [6.45, 7) is 3.81. The van der Waals surface area contributed by atoms with Gasteiger partial charge in [-0.25, -0.2) is 4.98 Å². The normalized spacial score (nSPS) is 17.2. The lowest BCUT2D eigenvalue weighted by molar-refractivity contribution is -0.137. The Morgan fingerprint density at radius 3 is 2.86 bits per heavy atom. The first kappa shape index (κ1) is 21.3. The smallest absolute Gasteiger partial charge is 0.350 e. The van der Waals surface area contributed by atoms with Crippen molar-refractivity contribution in [2.45, 2.75) is 32.4 Å². The molecule has 0 bridgehead atoms. The molecule has 156 valence electrons. The van der Waals surface area contributed by atoms with E-state index in [1.165, 1.54) is 17.5 Å². The summed E-state index contributed by atoms with van der Waals surface area (Å²) in [4.78, 5) is 30.5. The Morgan fingerprint density at radius 2 is 2.14 bits per heavy atom. The topological polar surface area (TPSA) is 62.3 Å². The number of piperidine rings is 1. The number of halogens is 3. The number of carbonyl (C=O) groups excluding carboxylic acids is 2. The molecule has 3 rings (SSSR count). The third-order valence-electron chi connectivity index (χ3n) is 4.81. The highest BCUT2D eigenvalue weighted by molar-refractivity contribution is 7.13. The number of nitrogens with one attached hydrogen (secondary N) is 1. The highest BCUT2D eigenvalue weighted by atomic mass is 32.1. The standard InChI is InChI=1S/C20H22F3N3O2S/c1-13-4-3-9-26(11-13)17(27)7-8-24-18(28)16-12-29-19(25-16)14-5-2-6-15(10-14)20(21,22)23/h2,5-6,10,12-13H,3-4,7-9,11H2,1H3,(H,24,28). The van der Waals surface area contributed by atoms with Crippen LogP contribution in [0.2, 0.25) is 0 Å². The van der Waals surface area contributed by atoms with Crippen molar-refractivity contribution < 1.29 is 22.8 Å². The summed E-state index contributed by atoms with van der Waals surface area (Å²) in [5.41, 5.74) is -0.332. The minimum absolute atomic E-state index is 0.0137. The van der Waals surface area contributed by atoms with Crippen molar-refractivity contribution in [3.8, 4) is 10.6 Å². The molecule has 1 atom stereocenters. The molecule has 1 fully saturated rings. The predicted molar refractivity (Wildman–Crippen MR) is 104 cm³/mol. The SMILES string of the molecule is CC1CCCN(C(=O)CCNC(=O)c2csc(-c3cccc(C(F)(F)F)c3)n2)C1. The molecular weight excluding hydrogens is 403 g/mol. The minimum Gasteiger partial charge on any atom is -0.350 e. The van der Waals surface area contributed by atoms with Crippen LogP contribution in [0.5, 0.6) is 0 Å². The number of thiazole rings is 1. The van der Waals surface area contributed by atoms with Crippen LogP contribution in [-0.2, 0) is 11.0 Å². The van der Waals surface area contributed by atoms with Gasteiger partial charge in [0.25, 0.3) is 5.91 Å². The monoisotopic (exact) mass is 425 g/mol. The van der Waals surface area contributed by atoms with Crippen molar-refractivity contribution in [2.24, 2.45) is 5.92 Å². The number of alkyl halides is 3. The van der Waals surface area contributed by atoms with Gasteiger partial charge in [-0.15, -0.1) is 11.3 Å². The molecule has 29 heavy (non-hydrogen) atoms. The number of nitrogens with zero attached hydrogens (tertiary/aromatic N) is 2. The number of rotatable bonds is 5. The van der Waals surface area contributed by atoms with Crippen molar-refractivity contribution in [3.05, 3.63) is 40.9 Å². The molecule has 0 aliphatic carbocycles. The fourth-order valence-electron chi connectivity index (χ4n) is 3.29. The number of hydrogen-bond acceptors (Lipinski definition) is 4. The van der Waals surface area contributed by atoms with Crippen molar-refractivity contribution in [3.63, 3.8) is 0 Å². The van der Waals surface area contributed by atoms with Gasteiger partial charge >= 0.3 is 6.18 Å². The second-order valence-corrected chi connectivity index (χ2v) is 8.07. The second kappa shape index (κ2) is 8.94. The van der Waals surface area contributed by atoms with Gasteiger partial charge in [0, 0.05) is 37.0 Å². The molecule has 1 aliphatic rings. The molecule has 0 radical (unpaired) electrons. The van der Waals surface area contributed by atoms with Gasteiger partial charge in [-0.3, -0.25) is 9.59 Å². The highest BCUT2D eigenvalue weighted by Crippen LogP contribution is 2.33. The predicted octanol–water partition coefficient (Wildman–Crippen LogP) is 4.21. The Kier molecular flexibility index (Phi) is 6.56. The third kappa shape index (κ3) is 5.56. The molecule has 1 aromatic heterocycles. The Labute approximate surface area is 170 Å². The van der Waals surface area contributed by atoms with E-state index >= 15 is 0 Å². The summed E-state index contributed by atoms with van der Waals surface area (Å²) >= 11 is 1.10. The first-order chi connectivity index (χ1) is 13.7. The van der Waals surface area contributed by atoms with Gasteiger partial charge in [0.15, 0.2) is 0 Å². The molecule has 2 amide bonds. The molecule has 1 aliphatic heterocycles. The molecule has 0 spiro atoms. The second-order valence-electron chi connectivity index (χ2n) is 7.21. The summed E-state index contributed by atoms with van der Waals surface area (Å²) in [7, 11) is 0. The van der Waals surface area contributed by atoms with E-state index in [0.29, 0.717) is 16.5 Å². The van der Waals surface area contributed by atoms with E-state index in [4.69, 9.17) is 0 Å². The number of hydrogen-bond donors (Lipinski definition) is 1. The van der Waals surface area contributed by atoms with Crippen LogP contribution in [0.25, 0.3) is 10.6 Å². The maximum absolute atomic E-state index is 12.9. The largest absolute Gasteiger partial charge is 0.416 e. The van der Waals surface area contributed by atoms with Crippen molar-refractivity contribution >= 4 is 23.2 Å². The molecule has 2 heterocycles. The number of aromatic nitrogens is 1. The van der Waals surface area contributed by atoms with E-state index in [-0.39, 0.29) is 24.6 Å². The fourth-order valence-corrected chi connectivity index (χ4v) is 4.08. The summed E-state index contributed by atoms with van der Waals surface area (Å²) < 4.78 is 38.6. The van der Waals surface area contributed by atoms with E-state index in [1.807, 2.05) is 4.90 Å². The van der Waals surface area contributed by atoms with Gasteiger partial charge in [-0.1, -0.05) is 19.1 Å². The molecule has 1 unspecified atom stereocenters. The first-order valence-electron chi connectivity index (χ1n) is 9.43. The quantitative estimate of drug-likeness (QED) is 0.781. The van der Waals surface area contributed by atoms with Gasteiger partial charge in [-0.05, 0) is 30.9 Å². The zero-order valence-electron chi connectivity index (χ0n) is 16.0. The number of benzene rings is 1. The van der Waals surface area contributed by atoms with Gasteiger partial charge in [0.1, 0.15) is 10.7 Å². The summed E-state index contributed by atoms with van der Waals surface area (Å²) in [6.07, 6.45) is -2.11. The van der Waals surface area contributed by atoms with Gasteiger partial charge in [0.05, 0.1) is 5.56 Å². The Hall–Kier alpha value is -2.42. The lowest BCUT2D eigenvalue weighted by Gasteiger charge is -2.31. The summed E-state index contributed by atoms with van der Waals surface area (Å²) in [5.74, 6) is 0.0608. The number of carbonyl (C=O) groups is 2. The van der Waals surface area contributed by atoms with E-state index in [9.17, 15) is 22.8 Å². The van der Waals surface area contributed by atoms with Crippen molar-refractivity contribution in [1.82, 2.24) is 15.2 Å². The van der Waals surface area contributed by atoms with Gasteiger partial charge in [0.2, 0.25) is 5.91 Å².